The Morgan fingerprint density at radius 3 is 2.71 bits per heavy atom. The van der Waals surface area contributed by atoms with Gasteiger partial charge in [0.2, 0.25) is 0 Å². The summed E-state index contributed by atoms with van der Waals surface area (Å²) in [5.41, 5.74) is 1.24. The highest BCUT2D eigenvalue weighted by Gasteiger charge is 2.10. The Hall–Kier alpha value is -0.800. The van der Waals surface area contributed by atoms with Crippen LogP contribution in [0.25, 0.3) is 0 Å². The van der Waals surface area contributed by atoms with Crippen LogP contribution in [0.1, 0.15) is 31.9 Å². The van der Waals surface area contributed by atoms with Crippen LogP contribution in [0.5, 0.6) is 5.75 Å². The molecule has 1 aromatic rings. The van der Waals surface area contributed by atoms with E-state index in [0.29, 0.717) is 12.1 Å². The molecule has 0 spiro atoms. The molecule has 1 N–H and O–H groups in total. The fraction of sp³-hybridized carbons (Fsp3) is 0.429. The Kier molecular flexibility index (Phi) is 5.72. The first-order chi connectivity index (χ1) is 8.08. The predicted molar refractivity (Wildman–Crippen MR) is 76.5 cm³/mol. The van der Waals surface area contributed by atoms with Gasteiger partial charge in [0.1, 0.15) is 5.75 Å². The second kappa shape index (κ2) is 6.82. The lowest BCUT2D eigenvalue weighted by atomic mass is 10.1. The van der Waals surface area contributed by atoms with E-state index in [0.717, 1.165) is 16.6 Å². The average Bonchev–Trinajstić information content (AvgIpc) is 2.29. The maximum absolute atomic E-state index is 5.22. The van der Waals surface area contributed by atoms with Crippen molar-refractivity contribution in [2.24, 2.45) is 0 Å². The van der Waals surface area contributed by atoms with Crippen molar-refractivity contribution in [1.82, 2.24) is 5.32 Å². The highest BCUT2D eigenvalue weighted by Crippen LogP contribution is 2.28. The molecule has 0 aliphatic rings. The average molecular weight is 298 g/mol. The van der Waals surface area contributed by atoms with Gasteiger partial charge in [0.05, 0.1) is 11.6 Å². The molecular weight excluding hydrogens is 278 g/mol. The van der Waals surface area contributed by atoms with Crippen molar-refractivity contribution < 1.29 is 4.74 Å². The molecule has 17 heavy (non-hydrogen) atoms. The molecule has 0 saturated heterocycles. The number of hydrogen-bond acceptors (Lipinski definition) is 2. The van der Waals surface area contributed by atoms with Crippen LogP contribution in [0.2, 0.25) is 0 Å². The van der Waals surface area contributed by atoms with Gasteiger partial charge in [0.15, 0.2) is 0 Å². The van der Waals surface area contributed by atoms with Crippen LogP contribution >= 0.6 is 15.9 Å². The SMILES string of the molecule is C=CCC(C)NC(C)c1ccc(OC)c(Br)c1. The standard InChI is InChI=1S/C14H20BrNO/c1-5-6-10(2)16-11(3)12-7-8-14(17-4)13(15)9-12/h5,7-11,16H,1,6H2,2-4H3. The molecule has 3 heteroatoms. The molecule has 0 fully saturated rings. The summed E-state index contributed by atoms with van der Waals surface area (Å²) < 4.78 is 6.21. The summed E-state index contributed by atoms with van der Waals surface area (Å²) in [6.07, 6.45) is 2.91. The molecule has 2 atom stereocenters. The molecule has 94 valence electrons. The molecule has 0 aliphatic heterocycles. The maximum atomic E-state index is 5.22. The second-order valence-electron chi connectivity index (χ2n) is 4.21. The van der Waals surface area contributed by atoms with Gasteiger partial charge in [-0.1, -0.05) is 12.1 Å². The third-order valence-corrected chi connectivity index (χ3v) is 3.35. The molecule has 1 aromatic carbocycles. The van der Waals surface area contributed by atoms with Crippen molar-refractivity contribution in [3.63, 3.8) is 0 Å². The van der Waals surface area contributed by atoms with Crippen LogP contribution in [-0.2, 0) is 0 Å². The number of nitrogens with one attached hydrogen (secondary N) is 1. The Balaban J connectivity index is 2.72. The van der Waals surface area contributed by atoms with E-state index < -0.39 is 0 Å². The van der Waals surface area contributed by atoms with E-state index in [1.54, 1.807) is 7.11 Å². The lowest BCUT2D eigenvalue weighted by Crippen LogP contribution is -2.28. The molecular formula is C14H20BrNO. The lowest BCUT2D eigenvalue weighted by Gasteiger charge is -2.20. The van der Waals surface area contributed by atoms with Crippen LogP contribution in [0.4, 0.5) is 0 Å². The third kappa shape index (κ3) is 4.17. The summed E-state index contributed by atoms with van der Waals surface area (Å²) in [5.74, 6) is 0.861. The van der Waals surface area contributed by atoms with Gasteiger partial charge < -0.3 is 10.1 Å². The molecule has 0 aromatic heterocycles. The largest absolute Gasteiger partial charge is 0.496 e. The number of halogens is 1. The molecule has 1 rings (SSSR count). The Bertz CT molecular complexity index is 378. The van der Waals surface area contributed by atoms with Crippen LogP contribution < -0.4 is 10.1 Å². The van der Waals surface area contributed by atoms with Crippen LogP contribution in [0, 0.1) is 0 Å². The van der Waals surface area contributed by atoms with Gasteiger partial charge >= 0.3 is 0 Å². The Labute approximate surface area is 112 Å². The van der Waals surface area contributed by atoms with Gasteiger partial charge in [-0.3, -0.25) is 0 Å². The first-order valence-corrected chi connectivity index (χ1v) is 6.58. The zero-order valence-electron chi connectivity index (χ0n) is 10.7. The van der Waals surface area contributed by atoms with Gasteiger partial charge in [0.25, 0.3) is 0 Å². The van der Waals surface area contributed by atoms with Crippen LogP contribution in [0.3, 0.4) is 0 Å². The fourth-order valence-electron chi connectivity index (χ4n) is 1.79. The van der Waals surface area contributed by atoms with Gasteiger partial charge in [-0.2, -0.15) is 0 Å². The summed E-state index contributed by atoms with van der Waals surface area (Å²) in [6, 6.07) is 6.91. The van der Waals surface area contributed by atoms with E-state index in [1.807, 2.05) is 12.1 Å². The molecule has 0 radical (unpaired) electrons. The quantitative estimate of drug-likeness (QED) is 0.799. The molecule has 0 amide bonds. The predicted octanol–water partition coefficient (Wildman–Crippen LogP) is 4.07. The highest BCUT2D eigenvalue weighted by molar-refractivity contribution is 9.10. The Morgan fingerprint density at radius 2 is 2.18 bits per heavy atom. The number of ether oxygens (including phenoxy) is 1. The van der Waals surface area contributed by atoms with Crippen molar-refractivity contribution in [2.45, 2.75) is 32.4 Å². The second-order valence-corrected chi connectivity index (χ2v) is 5.06. The van der Waals surface area contributed by atoms with Crippen molar-refractivity contribution in [3.8, 4) is 5.75 Å². The van der Waals surface area contributed by atoms with E-state index in [9.17, 15) is 0 Å². The minimum absolute atomic E-state index is 0.312. The van der Waals surface area contributed by atoms with Crippen LogP contribution in [-0.4, -0.2) is 13.2 Å². The van der Waals surface area contributed by atoms with Crippen molar-refractivity contribution in [2.75, 3.05) is 7.11 Å². The van der Waals surface area contributed by atoms with E-state index in [-0.39, 0.29) is 0 Å². The smallest absolute Gasteiger partial charge is 0.133 e. The van der Waals surface area contributed by atoms with Gasteiger partial charge in [-0.25, -0.2) is 0 Å². The zero-order chi connectivity index (χ0) is 12.8. The van der Waals surface area contributed by atoms with E-state index in [4.69, 9.17) is 4.74 Å². The van der Waals surface area contributed by atoms with E-state index >= 15 is 0 Å². The number of methoxy groups -OCH3 is 1. The summed E-state index contributed by atoms with van der Waals surface area (Å²) >= 11 is 3.50. The number of rotatable bonds is 6. The van der Waals surface area contributed by atoms with Gasteiger partial charge in [-0.15, -0.1) is 6.58 Å². The fourth-order valence-corrected chi connectivity index (χ4v) is 2.35. The first-order valence-electron chi connectivity index (χ1n) is 5.78. The molecule has 0 bridgehead atoms. The summed E-state index contributed by atoms with van der Waals surface area (Å²) in [4.78, 5) is 0. The summed E-state index contributed by atoms with van der Waals surface area (Å²) in [5, 5.41) is 3.53. The molecule has 0 aliphatic carbocycles. The van der Waals surface area contributed by atoms with Crippen LogP contribution in [0.15, 0.2) is 35.3 Å². The van der Waals surface area contributed by atoms with Gasteiger partial charge in [0, 0.05) is 12.1 Å². The van der Waals surface area contributed by atoms with E-state index in [1.165, 1.54) is 5.56 Å². The highest BCUT2D eigenvalue weighted by atomic mass is 79.9. The van der Waals surface area contributed by atoms with E-state index in [2.05, 4.69) is 53.8 Å². The number of benzene rings is 1. The number of hydrogen-bond donors (Lipinski definition) is 1. The normalized spacial score (nSPS) is 14.1. The first kappa shape index (κ1) is 14.3. The zero-order valence-corrected chi connectivity index (χ0v) is 12.3. The molecule has 2 unspecified atom stereocenters. The third-order valence-electron chi connectivity index (χ3n) is 2.73. The monoisotopic (exact) mass is 297 g/mol. The molecule has 0 heterocycles. The maximum Gasteiger partial charge on any atom is 0.133 e. The molecule has 0 saturated carbocycles. The lowest BCUT2D eigenvalue weighted by molar-refractivity contribution is 0.411. The molecule has 2 nitrogen and oxygen atoms in total. The van der Waals surface area contributed by atoms with Crippen molar-refractivity contribution in [1.29, 1.82) is 0 Å². The van der Waals surface area contributed by atoms with Gasteiger partial charge in [-0.05, 0) is 53.9 Å². The minimum Gasteiger partial charge on any atom is -0.496 e. The van der Waals surface area contributed by atoms with Crippen molar-refractivity contribution >= 4 is 15.9 Å². The topological polar surface area (TPSA) is 21.3 Å². The van der Waals surface area contributed by atoms with Crippen molar-refractivity contribution in [3.05, 3.63) is 40.9 Å². The minimum atomic E-state index is 0.312. The summed E-state index contributed by atoms with van der Waals surface area (Å²) in [6.45, 7) is 8.08. The summed E-state index contributed by atoms with van der Waals surface area (Å²) in [7, 11) is 1.67. The Morgan fingerprint density at radius 1 is 1.47 bits per heavy atom.